The summed E-state index contributed by atoms with van der Waals surface area (Å²) in [6, 6.07) is 5.06. The van der Waals surface area contributed by atoms with Gasteiger partial charge in [-0.1, -0.05) is 22.5 Å². The number of hydrogen-bond acceptors (Lipinski definition) is 5. The molecule has 7 heteroatoms. The third kappa shape index (κ3) is 6.22. The maximum Gasteiger partial charge on any atom is 0.330 e. The topological polar surface area (TPSA) is 69.7 Å². The zero-order valence-corrected chi connectivity index (χ0v) is 14.1. The van der Waals surface area contributed by atoms with Gasteiger partial charge in [0.05, 0.1) is 16.8 Å². The van der Waals surface area contributed by atoms with Crippen molar-refractivity contribution in [2.75, 3.05) is 6.61 Å². The van der Waals surface area contributed by atoms with Crippen molar-refractivity contribution >= 4 is 50.1 Å². The van der Waals surface area contributed by atoms with Crippen molar-refractivity contribution in [3.63, 3.8) is 0 Å². The molecular weight excluding hydrogens is 408 g/mol. The molecule has 1 atom stereocenters. The summed E-state index contributed by atoms with van der Waals surface area (Å²) in [4.78, 5) is 33.5. The normalized spacial score (nSPS) is 11.3. The maximum atomic E-state index is 11.8. The van der Waals surface area contributed by atoms with E-state index in [1.165, 1.54) is 0 Å². The highest BCUT2D eigenvalue weighted by molar-refractivity contribution is 9.11. The van der Waals surface area contributed by atoms with Crippen LogP contribution in [0.15, 0.2) is 39.8 Å². The van der Waals surface area contributed by atoms with Gasteiger partial charge in [0.25, 0.3) is 0 Å². The molecule has 0 saturated heterocycles. The second-order valence-corrected chi connectivity index (χ2v) is 5.75. The average Bonchev–Trinajstić information content (AvgIpc) is 2.46. The standard InChI is InChI=1S/C14H12Br2O5/c1-2-13(18)20-8-9(7-17)5-14(19)21-12-4-3-10(15)6-11(12)16/h2-4,6-7,9H,1,5,8H2. The number of carbonyl (C=O) groups excluding carboxylic acids is 3. The molecule has 1 rings (SSSR count). The van der Waals surface area contributed by atoms with Gasteiger partial charge in [0.2, 0.25) is 0 Å². The van der Waals surface area contributed by atoms with E-state index in [4.69, 9.17) is 9.47 Å². The van der Waals surface area contributed by atoms with Crippen molar-refractivity contribution in [3.8, 4) is 5.75 Å². The third-order valence-electron chi connectivity index (χ3n) is 2.35. The third-order valence-corrected chi connectivity index (χ3v) is 3.46. The van der Waals surface area contributed by atoms with Gasteiger partial charge in [-0.2, -0.15) is 0 Å². The first kappa shape index (κ1) is 17.6. The minimum Gasteiger partial charge on any atom is -0.462 e. The molecule has 21 heavy (non-hydrogen) atoms. The lowest BCUT2D eigenvalue weighted by molar-refractivity contribution is -0.143. The fourth-order valence-electron chi connectivity index (χ4n) is 1.33. The van der Waals surface area contributed by atoms with Gasteiger partial charge in [-0.15, -0.1) is 0 Å². The number of hydrogen-bond donors (Lipinski definition) is 0. The number of esters is 2. The Balaban J connectivity index is 2.56. The second-order valence-electron chi connectivity index (χ2n) is 3.98. The molecule has 0 N–H and O–H groups in total. The number of aldehydes is 1. The Labute approximate surface area is 138 Å². The molecule has 0 amide bonds. The lowest BCUT2D eigenvalue weighted by atomic mass is 10.1. The van der Waals surface area contributed by atoms with Crippen LogP contribution >= 0.6 is 31.9 Å². The van der Waals surface area contributed by atoms with Gasteiger partial charge in [0.15, 0.2) is 0 Å². The Kier molecular flexibility index (Phi) is 7.31. The van der Waals surface area contributed by atoms with Crippen LogP contribution in [-0.2, 0) is 19.1 Å². The molecule has 0 bridgehead atoms. The molecule has 0 aliphatic rings. The zero-order valence-electron chi connectivity index (χ0n) is 10.9. The van der Waals surface area contributed by atoms with E-state index < -0.39 is 17.9 Å². The van der Waals surface area contributed by atoms with Crippen molar-refractivity contribution in [1.82, 2.24) is 0 Å². The van der Waals surface area contributed by atoms with E-state index >= 15 is 0 Å². The second kappa shape index (κ2) is 8.74. The molecule has 0 aliphatic carbocycles. The molecule has 1 unspecified atom stereocenters. The van der Waals surface area contributed by atoms with E-state index in [9.17, 15) is 14.4 Å². The Hall–Kier alpha value is -1.47. The van der Waals surface area contributed by atoms with Crippen molar-refractivity contribution in [3.05, 3.63) is 39.8 Å². The van der Waals surface area contributed by atoms with Crippen LogP contribution < -0.4 is 4.74 Å². The summed E-state index contributed by atoms with van der Waals surface area (Å²) >= 11 is 6.54. The molecule has 0 saturated carbocycles. The van der Waals surface area contributed by atoms with Crippen LogP contribution in [0, 0.1) is 5.92 Å². The van der Waals surface area contributed by atoms with E-state index in [1.54, 1.807) is 18.2 Å². The molecule has 1 aromatic carbocycles. The summed E-state index contributed by atoms with van der Waals surface area (Å²) in [5, 5.41) is 0. The van der Waals surface area contributed by atoms with Gasteiger partial charge in [-0.05, 0) is 34.1 Å². The molecule has 5 nitrogen and oxygen atoms in total. The van der Waals surface area contributed by atoms with E-state index in [-0.39, 0.29) is 13.0 Å². The predicted molar refractivity (Wildman–Crippen MR) is 82.8 cm³/mol. The highest BCUT2D eigenvalue weighted by atomic mass is 79.9. The minimum absolute atomic E-state index is 0.184. The number of ether oxygens (including phenoxy) is 2. The van der Waals surface area contributed by atoms with Crippen molar-refractivity contribution in [2.24, 2.45) is 5.92 Å². The fraction of sp³-hybridized carbons (Fsp3) is 0.214. The van der Waals surface area contributed by atoms with Crippen LogP contribution in [-0.4, -0.2) is 24.8 Å². The van der Waals surface area contributed by atoms with Crippen LogP contribution in [0.3, 0.4) is 0 Å². The van der Waals surface area contributed by atoms with Crippen LogP contribution in [0.5, 0.6) is 5.75 Å². The average molecular weight is 420 g/mol. The summed E-state index contributed by atoms with van der Waals surface area (Å²) in [6.07, 6.45) is 1.35. The lowest BCUT2D eigenvalue weighted by Crippen LogP contribution is -2.20. The Bertz CT molecular complexity index is 556. The summed E-state index contributed by atoms with van der Waals surface area (Å²) in [5.74, 6) is -1.65. The van der Waals surface area contributed by atoms with E-state index in [2.05, 4.69) is 38.4 Å². The van der Waals surface area contributed by atoms with Gasteiger partial charge < -0.3 is 14.3 Å². The lowest BCUT2D eigenvalue weighted by Gasteiger charge is -2.11. The highest BCUT2D eigenvalue weighted by Gasteiger charge is 2.17. The van der Waals surface area contributed by atoms with Gasteiger partial charge >= 0.3 is 11.9 Å². The van der Waals surface area contributed by atoms with Crippen LogP contribution in [0.1, 0.15) is 6.42 Å². The molecule has 0 aliphatic heterocycles. The van der Waals surface area contributed by atoms with Crippen molar-refractivity contribution in [1.29, 1.82) is 0 Å². The predicted octanol–water partition coefficient (Wildman–Crippen LogP) is 3.05. The molecule has 0 fully saturated rings. The molecule has 0 radical (unpaired) electrons. The maximum absolute atomic E-state index is 11.8. The van der Waals surface area contributed by atoms with Gasteiger partial charge in [0, 0.05) is 10.5 Å². The monoisotopic (exact) mass is 418 g/mol. The molecule has 0 heterocycles. The molecule has 0 spiro atoms. The number of halogens is 2. The Morgan fingerprint density at radius 1 is 1.33 bits per heavy atom. The highest BCUT2D eigenvalue weighted by Crippen LogP contribution is 2.28. The van der Waals surface area contributed by atoms with Gasteiger partial charge in [-0.25, -0.2) is 4.79 Å². The van der Waals surface area contributed by atoms with Gasteiger partial charge in [-0.3, -0.25) is 4.79 Å². The van der Waals surface area contributed by atoms with Crippen LogP contribution in [0.4, 0.5) is 0 Å². The van der Waals surface area contributed by atoms with Crippen molar-refractivity contribution in [2.45, 2.75) is 6.42 Å². The summed E-state index contributed by atoms with van der Waals surface area (Å²) in [5.41, 5.74) is 0. The zero-order chi connectivity index (χ0) is 15.8. The largest absolute Gasteiger partial charge is 0.462 e. The first-order chi connectivity index (χ1) is 9.96. The number of carbonyl (C=O) groups is 3. The summed E-state index contributed by atoms with van der Waals surface area (Å²) in [7, 11) is 0. The molecular formula is C14H12Br2O5. The number of benzene rings is 1. The quantitative estimate of drug-likeness (QED) is 0.294. The first-order valence-corrected chi connectivity index (χ1v) is 7.45. The van der Waals surface area contributed by atoms with Gasteiger partial charge in [0.1, 0.15) is 18.6 Å². The molecule has 0 aromatic heterocycles. The Morgan fingerprint density at radius 3 is 2.62 bits per heavy atom. The SMILES string of the molecule is C=CC(=O)OCC(C=O)CC(=O)Oc1ccc(Br)cc1Br. The van der Waals surface area contributed by atoms with Crippen molar-refractivity contribution < 1.29 is 23.9 Å². The van der Waals surface area contributed by atoms with E-state index in [1.807, 2.05) is 0 Å². The smallest absolute Gasteiger partial charge is 0.330 e. The first-order valence-electron chi connectivity index (χ1n) is 5.86. The Morgan fingerprint density at radius 2 is 2.05 bits per heavy atom. The summed E-state index contributed by atoms with van der Waals surface area (Å²) < 4.78 is 11.3. The van der Waals surface area contributed by atoms with Crippen LogP contribution in [0.25, 0.3) is 0 Å². The van der Waals surface area contributed by atoms with E-state index in [0.29, 0.717) is 16.5 Å². The minimum atomic E-state index is -0.754. The molecule has 112 valence electrons. The van der Waals surface area contributed by atoms with Crippen LogP contribution in [0.2, 0.25) is 0 Å². The van der Waals surface area contributed by atoms with E-state index in [0.717, 1.165) is 10.5 Å². The molecule has 1 aromatic rings. The number of rotatable bonds is 7. The summed E-state index contributed by atoms with van der Waals surface area (Å²) in [6.45, 7) is 3.04. The fourth-order valence-corrected chi connectivity index (χ4v) is 2.46.